The van der Waals surface area contributed by atoms with Crippen molar-refractivity contribution in [1.29, 1.82) is 0 Å². The second-order valence-electron chi connectivity index (χ2n) is 4.40. The van der Waals surface area contributed by atoms with Gasteiger partial charge in [0.15, 0.2) is 11.6 Å². The molecule has 2 aromatic rings. The topological polar surface area (TPSA) is 48.0 Å². The zero-order chi connectivity index (χ0) is 13.4. The lowest BCUT2D eigenvalue weighted by atomic mass is 10.1. The lowest BCUT2D eigenvalue weighted by Crippen LogP contribution is -2.11. The summed E-state index contributed by atoms with van der Waals surface area (Å²) in [7, 11) is 0. The summed E-state index contributed by atoms with van der Waals surface area (Å²) in [5.74, 6) is 1.34. The lowest BCUT2D eigenvalue weighted by Gasteiger charge is -2.05. The number of aryl methyl sites for hydroxylation is 2. The Morgan fingerprint density at radius 2 is 2.06 bits per heavy atom. The molecule has 0 saturated carbocycles. The van der Waals surface area contributed by atoms with Crippen molar-refractivity contribution in [3.05, 3.63) is 34.8 Å². The Kier molecular flexibility index (Phi) is 3.30. The van der Waals surface area contributed by atoms with Gasteiger partial charge in [0.2, 0.25) is 0 Å². The standard InChI is InChI=1S/C13H15ClN2O2/c1-7-5-11(13(17)9(3)14)10(4)16(7)12-6-8(2)18-15-12/h5-6,9H,1-4H3. The van der Waals surface area contributed by atoms with Gasteiger partial charge in [-0.1, -0.05) is 5.16 Å². The second kappa shape index (κ2) is 4.61. The van der Waals surface area contributed by atoms with E-state index >= 15 is 0 Å². The molecule has 96 valence electrons. The van der Waals surface area contributed by atoms with Crippen LogP contribution in [0.15, 0.2) is 16.7 Å². The minimum atomic E-state index is -0.530. The number of nitrogens with zero attached hydrogens (tertiary/aromatic N) is 2. The van der Waals surface area contributed by atoms with Crippen molar-refractivity contribution in [3.63, 3.8) is 0 Å². The molecular formula is C13H15ClN2O2. The van der Waals surface area contributed by atoms with Gasteiger partial charge in [0.25, 0.3) is 0 Å². The van der Waals surface area contributed by atoms with Gasteiger partial charge in [-0.2, -0.15) is 0 Å². The molecule has 2 heterocycles. The Morgan fingerprint density at radius 1 is 1.39 bits per heavy atom. The van der Waals surface area contributed by atoms with Crippen molar-refractivity contribution in [2.24, 2.45) is 0 Å². The highest BCUT2D eigenvalue weighted by atomic mass is 35.5. The van der Waals surface area contributed by atoms with Crippen LogP contribution in [0.3, 0.4) is 0 Å². The van der Waals surface area contributed by atoms with Crippen molar-refractivity contribution in [1.82, 2.24) is 9.72 Å². The molecule has 1 unspecified atom stereocenters. The largest absolute Gasteiger partial charge is 0.360 e. The van der Waals surface area contributed by atoms with Gasteiger partial charge in [0.1, 0.15) is 5.76 Å². The first-order chi connectivity index (χ1) is 8.41. The van der Waals surface area contributed by atoms with Crippen molar-refractivity contribution >= 4 is 17.4 Å². The first-order valence-electron chi connectivity index (χ1n) is 5.72. The lowest BCUT2D eigenvalue weighted by molar-refractivity contribution is 0.0991. The molecule has 0 aliphatic heterocycles. The molecular weight excluding hydrogens is 252 g/mol. The van der Waals surface area contributed by atoms with Crippen LogP contribution in [0.25, 0.3) is 5.82 Å². The first kappa shape index (κ1) is 12.9. The summed E-state index contributed by atoms with van der Waals surface area (Å²) in [5.41, 5.74) is 2.40. The molecule has 0 aliphatic rings. The van der Waals surface area contributed by atoms with Crippen molar-refractivity contribution in [2.45, 2.75) is 33.1 Å². The molecule has 0 aromatic carbocycles. The Morgan fingerprint density at radius 3 is 2.56 bits per heavy atom. The summed E-state index contributed by atoms with van der Waals surface area (Å²) in [5, 5.41) is 3.44. The zero-order valence-corrected chi connectivity index (χ0v) is 11.6. The van der Waals surface area contributed by atoms with E-state index in [4.69, 9.17) is 16.1 Å². The van der Waals surface area contributed by atoms with Crippen LogP contribution in [-0.4, -0.2) is 20.9 Å². The molecule has 2 aromatic heterocycles. The molecule has 0 N–H and O–H groups in total. The van der Waals surface area contributed by atoms with Crippen LogP contribution in [0.1, 0.15) is 34.4 Å². The highest BCUT2D eigenvalue weighted by Crippen LogP contribution is 2.22. The van der Waals surface area contributed by atoms with Crippen molar-refractivity contribution in [3.8, 4) is 5.82 Å². The molecule has 0 fully saturated rings. The monoisotopic (exact) mass is 266 g/mol. The number of halogens is 1. The van der Waals surface area contributed by atoms with Crippen LogP contribution < -0.4 is 0 Å². The number of carbonyl (C=O) groups is 1. The maximum Gasteiger partial charge on any atom is 0.182 e. The maximum atomic E-state index is 12.0. The molecule has 0 aliphatic carbocycles. The summed E-state index contributed by atoms with van der Waals surface area (Å²) < 4.78 is 6.96. The van der Waals surface area contributed by atoms with Gasteiger partial charge in [0, 0.05) is 23.0 Å². The highest BCUT2D eigenvalue weighted by molar-refractivity contribution is 6.33. The van der Waals surface area contributed by atoms with Crippen LogP contribution in [0.2, 0.25) is 0 Å². The molecule has 18 heavy (non-hydrogen) atoms. The molecule has 0 amide bonds. The Balaban J connectivity index is 2.54. The van der Waals surface area contributed by atoms with Crippen LogP contribution in [-0.2, 0) is 0 Å². The van der Waals surface area contributed by atoms with E-state index in [1.54, 1.807) is 6.92 Å². The van der Waals surface area contributed by atoms with E-state index in [1.807, 2.05) is 37.5 Å². The molecule has 2 rings (SSSR count). The van der Waals surface area contributed by atoms with Crippen LogP contribution >= 0.6 is 11.6 Å². The fourth-order valence-corrected chi connectivity index (χ4v) is 2.16. The number of ketones is 1. The minimum Gasteiger partial charge on any atom is -0.360 e. The van der Waals surface area contributed by atoms with Gasteiger partial charge < -0.3 is 4.52 Å². The molecule has 1 atom stereocenters. The smallest absolute Gasteiger partial charge is 0.182 e. The number of alkyl halides is 1. The fraction of sp³-hybridized carbons (Fsp3) is 0.385. The van der Waals surface area contributed by atoms with Gasteiger partial charge in [-0.05, 0) is 33.8 Å². The van der Waals surface area contributed by atoms with Gasteiger partial charge in [-0.25, -0.2) is 0 Å². The van der Waals surface area contributed by atoms with E-state index in [1.165, 1.54) is 0 Å². The molecule has 5 heteroatoms. The summed E-state index contributed by atoms with van der Waals surface area (Å²) in [6.07, 6.45) is 0. The summed E-state index contributed by atoms with van der Waals surface area (Å²) in [6.45, 7) is 7.31. The summed E-state index contributed by atoms with van der Waals surface area (Å²) in [4.78, 5) is 12.0. The predicted molar refractivity (Wildman–Crippen MR) is 69.7 cm³/mol. The summed E-state index contributed by atoms with van der Waals surface area (Å²) >= 11 is 5.85. The SMILES string of the molecule is Cc1cc(-n2c(C)cc(C(=O)C(C)Cl)c2C)no1. The van der Waals surface area contributed by atoms with Gasteiger partial charge in [0.05, 0.1) is 5.38 Å². The number of aromatic nitrogens is 2. The van der Waals surface area contributed by atoms with E-state index in [0.29, 0.717) is 11.4 Å². The predicted octanol–water partition coefficient (Wildman–Crippen LogP) is 3.20. The van der Waals surface area contributed by atoms with Crippen LogP contribution in [0.4, 0.5) is 0 Å². The van der Waals surface area contributed by atoms with E-state index in [0.717, 1.165) is 17.1 Å². The molecule has 0 radical (unpaired) electrons. The van der Waals surface area contributed by atoms with E-state index < -0.39 is 5.38 Å². The van der Waals surface area contributed by atoms with Gasteiger partial charge in [-0.15, -0.1) is 11.6 Å². The molecule has 0 spiro atoms. The van der Waals surface area contributed by atoms with Crippen molar-refractivity contribution in [2.75, 3.05) is 0 Å². The normalized spacial score (nSPS) is 12.7. The van der Waals surface area contributed by atoms with Crippen LogP contribution in [0, 0.1) is 20.8 Å². The number of hydrogen-bond acceptors (Lipinski definition) is 3. The molecule has 0 saturated heterocycles. The maximum absolute atomic E-state index is 12.0. The Bertz CT molecular complexity index is 596. The highest BCUT2D eigenvalue weighted by Gasteiger charge is 2.20. The molecule has 4 nitrogen and oxygen atoms in total. The second-order valence-corrected chi connectivity index (χ2v) is 5.05. The van der Waals surface area contributed by atoms with Gasteiger partial charge >= 0.3 is 0 Å². The third kappa shape index (κ3) is 2.08. The Labute approximate surface area is 111 Å². The molecule has 0 bridgehead atoms. The third-order valence-corrected chi connectivity index (χ3v) is 3.10. The van der Waals surface area contributed by atoms with Crippen molar-refractivity contribution < 1.29 is 9.32 Å². The first-order valence-corrected chi connectivity index (χ1v) is 6.16. The zero-order valence-electron chi connectivity index (χ0n) is 10.8. The number of hydrogen-bond donors (Lipinski definition) is 0. The average molecular weight is 267 g/mol. The third-order valence-electron chi connectivity index (χ3n) is 2.90. The Hall–Kier alpha value is -1.55. The quantitative estimate of drug-likeness (QED) is 0.633. The fourth-order valence-electron chi connectivity index (χ4n) is 2.04. The van der Waals surface area contributed by atoms with Gasteiger partial charge in [-0.3, -0.25) is 9.36 Å². The average Bonchev–Trinajstić information content (AvgIpc) is 2.82. The minimum absolute atomic E-state index is 0.0729. The van der Waals surface area contributed by atoms with E-state index in [9.17, 15) is 4.79 Å². The number of rotatable bonds is 3. The number of carbonyl (C=O) groups excluding carboxylic acids is 1. The van der Waals surface area contributed by atoms with Crippen LogP contribution in [0.5, 0.6) is 0 Å². The van der Waals surface area contributed by atoms with E-state index in [2.05, 4.69) is 5.16 Å². The van der Waals surface area contributed by atoms with E-state index in [-0.39, 0.29) is 5.78 Å². The summed E-state index contributed by atoms with van der Waals surface area (Å²) in [6, 6.07) is 3.67. The number of Topliss-reactive ketones (excluding diaryl/α,β-unsaturated/α-hetero) is 1.